The summed E-state index contributed by atoms with van der Waals surface area (Å²) in [5, 5.41) is 0.360. The zero-order valence-electron chi connectivity index (χ0n) is 11.1. The number of thioether (sulfide) groups is 1. The number of hydrogen-bond acceptors (Lipinski definition) is 5. The highest BCUT2D eigenvalue weighted by molar-refractivity contribution is 7.99. The highest BCUT2D eigenvalue weighted by Crippen LogP contribution is 2.25. The average molecular weight is 319 g/mol. The number of hydrogen-bond donors (Lipinski definition) is 0. The van der Waals surface area contributed by atoms with Crippen LogP contribution in [0.2, 0.25) is 0 Å². The summed E-state index contributed by atoms with van der Waals surface area (Å²) in [6.45, 7) is 0. The fourth-order valence-corrected chi connectivity index (χ4v) is 2.41. The molecule has 0 unspecified atom stereocenters. The summed E-state index contributed by atoms with van der Waals surface area (Å²) in [6.07, 6.45) is -5.10. The van der Waals surface area contributed by atoms with Crippen LogP contribution in [-0.2, 0) is 0 Å². The Labute approximate surface area is 122 Å². The second-order valence-corrected chi connectivity index (χ2v) is 5.26. The summed E-state index contributed by atoms with van der Waals surface area (Å²) < 4.78 is 46.1. The van der Waals surface area contributed by atoms with E-state index in [4.69, 9.17) is 9.15 Å². The van der Waals surface area contributed by atoms with E-state index < -0.39 is 18.2 Å². The molecule has 0 atom stereocenters. The van der Waals surface area contributed by atoms with Gasteiger partial charge < -0.3 is 9.15 Å². The molecule has 0 aliphatic heterocycles. The Bertz CT molecular complexity index is 684. The SMILES string of the molecule is COc1ccc2c(=O)oc(SCCCC(F)(F)F)nc2c1. The van der Waals surface area contributed by atoms with E-state index in [0.29, 0.717) is 16.7 Å². The Morgan fingerprint density at radius 2 is 2.14 bits per heavy atom. The zero-order valence-corrected chi connectivity index (χ0v) is 11.9. The van der Waals surface area contributed by atoms with Crippen LogP contribution in [0.5, 0.6) is 5.75 Å². The summed E-state index contributed by atoms with van der Waals surface area (Å²) in [5.41, 5.74) is -0.176. The summed E-state index contributed by atoms with van der Waals surface area (Å²) in [7, 11) is 1.49. The molecule has 1 aromatic heterocycles. The van der Waals surface area contributed by atoms with E-state index in [1.807, 2.05) is 0 Å². The van der Waals surface area contributed by atoms with Gasteiger partial charge in [-0.25, -0.2) is 9.78 Å². The first-order valence-corrected chi connectivity index (χ1v) is 7.06. The Kier molecular flexibility index (Phi) is 4.76. The van der Waals surface area contributed by atoms with Crippen LogP contribution in [0.3, 0.4) is 0 Å². The monoisotopic (exact) mass is 319 g/mol. The molecule has 1 aromatic carbocycles. The molecule has 2 aromatic rings. The number of ether oxygens (including phenoxy) is 1. The lowest BCUT2D eigenvalue weighted by Crippen LogP contribution is -2.07. The molecule has 114 valence electrons. The molecule has 0 aliphatic carbocycles. The fraction of sp³-hybridized carbons (Fsp3) is 0.385. The van der Waals surface area contributed by atoms with Crippen molar-refractivity contribution < 1.29 is 22.3 Å². The van der Waals surface area contributed by atoms with E-state index in [2.05, 4.69) is 4.98 Å². The molecule has 0 saturated carbocycles. The predicted molar refractivity (Wildman–Crippen MR) is 72.8 cm³/mol. The lowest BCUT2D eigenvalue weighted by atomic mass is 10.2. The van der Waals surface area contributed by atoms with Gasteiger partial charge in [-0.1, -0.05) is 11.8 Å². The minimum atomic E-state index is -4.18. The molecule has 0 fully saturated rings. The van der Waals surface area contributed by atoms with Gasteiger partial charge in [0, 0.05) is 18.2 Å². The molecule has 4 nitrogen and oxygen atoms in total. The van der Waals surface area contributed by atoms with Crippen molar-refractivity contribution in [2.75, 3.05) is 12.9 Å². The maximum Gasteiger partial charge on any atom is 0.389 e. The van der Waals surface area contributed by atoms with Gasteiger partial charge in [-0.2, -0.15) is 13.2 Å². The minimum absolute atomic E-state index is 0.0583. The van der Waals surface area contributed by atoms with E-state index >= 15 is 0 Å². The summed E-state index contributed by atoms with van der Waals surface area (Å²) in [4.78, 5) is 15.9. The quantitative estimate of drug-likeness (QED) is 0.622. The standard InChI is InChI=1S/C13H12F3NO3S/c1-19-8-3-4-9-10(7-8)17-12(20-11(9)18)21-6-2-5-13(14,15)16/h3-4,7H,2,5-6H2,1H3. The van der Waals surface area contributed by atoms with Crippen molar-refractivity contribution >= 4 is 22.7 Å². The van der Waals surface area contributed by atoms with Gasteiger partial charge in [-0.05, 0) is 18.6 Å². The topological polar surface area (TPSA) is 52.3 Å². The number of benzene rings is 1. The van der Waals surface area contributed by atoms with Gasteiger partial charge in [0.1, 0.15) is 5.75 Å². The van der Waals surface area contributed by atoms with Crippen LogP contribution in [0.25, 0.3) is 10.9 Å². The molecule has 2 rings (SSSR count). The lowest BCUT2D eigenvalue weighted by Gasteiger charge is -2.05. The predicted octanol–water partition coefficient (Wildman–Crippen LogP) is 3.63. The molecule has 0 aliphatic rings. The van der Waals surface area contributed by atoms with Crippen LogP contribution in [0.4, 0.5) is 13.2 Å². The van der Waals surface area contributed by atoms with Gasteiger partial charge in [0.25, 0.3) is 5.22 Å². The smallest absolute Gasteiger partial charge is 0.389 e. The van der Waals surface area contributed by atoms with E-state index in [1.54, 1.807) is 12.1 Å². The number of halogens is 3. The molecule has 21 heavy (non-hydrogen) atoms. The van der Waals surface area contributed by atoms with E-state index in [-0.39, 0.29) is 17.4 Å². The Balaban J connectivity index is 2.12. The minimum Gasteiger partial charge on any atom is -0.497 e. The van der Waals surface area contributed by atoms with Gasteiger partial charge in [-0.15, -0.1) is 0 Å². The van der Waals surface area contributed by atoms with Crippen molar-refractivity contribution in [3.05, 3.63) is 28.6 Å². The van der Waals surface area contributed by atoms with Crippen molar-refractivity contribution in [1.29, 1.82) is 0 Å². The molecular formula is C13H12F3NO3S. The number of alkyl halides is 3. The molecule has 1 heterocycles. The molecule has 0 saturated heterocycles. The van der Waals surface area contributed by atoms with Crippen LogP contribution in [-0.4, -0.2) is 24.0 Å². The Hall–Kier alpha value is -1.70. The van der Waals surface area contributed by atoms with Gasteiger partial charge in [0.2, 0.25) is 0 Å². The first-order valence-electron chi connectivity index (χ1n) is 6.07. The maximum atomic E-state index is 12.0. The van der Waals surface area contributed by atoms with Crippen molar-refractivity contribution in [2.45, 2.75) is 24.2 Å². The van der Waals surface area contributed by atoms with Crippen LogP contribution in [0.15, 0.2) is 32.6 Å². The first-order chi connectivity index (χ1) is 9.89. The van der Waals surface area contributed by atoms with Crippen molar-refractivity contribution in [2.24, 2.45) is 0 Å². The van der Waals surface area contributed by atoms with Crippen molar-refractivity contribution in [1.82, 2.24) is 4.98 Å². The van der Waals surface area contributed by atoms with E-state index in [0.717, 1.165) is 11.8 Å². The van der Waals surface area contributed by atoms with Crippen molar-refractivity contribution in [3.63, 3.8) is 0 Å². The second-order valence-electron chi connectivity index (χ2n) is 4.22. The average Bonchev–Trinajstić information content (AvgIpc) is 2.42. The largest absolute Gasteiger partial charge is 0.497 e. The number of nitrogens with zero attached hydrogens (tertiary/aromatic N) is 1. The molecule has 0 spiro atoms. The third kappa shape index (κ3) is 4.38. The lowest BCUT2D eigenvalue weighted by molar-refractivity contribution is -0.134. The summed E-state index contributed by atoms with van der Waals surface area (Å²) in [6, 6.07) is 4.72. The van der Waals surface area contributed by atoms with E-state index in [9.17, 15) is 18.0 Å². The molecular weight excluding hydrogens is 307 g/mol. The molecule has 8 heteroatoms. The third-order valence-corrected chi connectivity index (χ3v) is 3.56. The Morgan fingerprint density at radius 1 is 1.38 bits per heavy atom. The highest BCUT2D eigenvalue weighted by Gasteiger charge is 2.26. The van der Waals surface area contributed by atoms with Crippen LogP contribution >= 0.6 is 11.8 Å². The number of rotatable bonds is 5. The number of aromatic nitrogens is 1. The Morgan fingerprint density at radius 3 is 2.81 bits per heavy atom. The van der Waals surface area contributed by atoms with Crippen molar-refractivity contribution in [3.8, 4) is 5.75 Å². The first kappa shape index (κ1) is 15.7. The maximum absolute atomic E-state index is 12.0. The number of methoxy groups -OCH3 is 1. The second kappa shape index (κ2) is 6.38. The third-order valence-electron chi connectivity index (χ3n) is 2.65. The summed E-state index contributed by atoms with van der Waals surface area (Å²) >= 11 is 0.985. The zero-order chi connectivity index (χ0) is 15.5. The van der Waals surface area contributed by atoms with Gasteiger partial charge in [-0.3, -0.25) is 0 Å². The molecule has 0 N–H and O–H groups in total. The molecule has 0 radical (unpaired) electrons. The number of fused-ring (bicyclic) bond motifs is 1. The normalized spacial score (nSPS) is 11.8. The van der Waals surface area contributed by atoms with Gasteiger partial charge in [0.05, 0.1) is 18.0 Å². The van der Waals surface area contributed by atoms with Gasteiger partial charge in [0.15, 0.2) is 0 Å². The van der Waals surface area contributed by atoms with Crippen LogP contribution < -0.4 is 10.4 Å². The summed E-state index contributed by atoms with van der Waals surface area (Å²) in [5.74, 6) is 0.707. The van der Waals surface area contributed by atoms with Gasteiger partial charge >= 0.3 is 11.8 Å². The fourth-order valence-electron chi connectivity index (χ4n) is 1.65. The van der Waals surface area contributed by atoms with E-state index in [1.165, 1.54) is 13.2 Å². The molecule has 0 bridgehead atoms. The highest BCUT2D eigenvalue weighted by atomic mass is 32.2. The van der Waals surface area contributed by atoms with Crippen LogP contribution in [0.1, 0.15) is 12.8 Å². The van der Waals surface area contributed by atoms with Crippen LogP contribution in [0, 0.1) is 0 Å². The molecule has 0 amide bonds.